The number of nitrogens with one attached hydrogen (secondary N) is 1. The molecule has 1 aliphatic heterocycles. The first-order valence-corrected chi connectivity index (χ1v) is 8.31. The van der Waals surface area contributed by atoms with E-state index >= 15 is 0 Å². The summed E-state index contributed by atoms with van der Waals surface area (Å²) in [5.74, 6) is 0.0135. The fourth-order valence-electron chi connectivity index (χ4n) is 3.37. The summed E-state index contributed by atoms with van der Waals surface area (Å²) in [6.45, 7) is 3.85. The van der Waals surface area contributed by atoms with E-state index in [1.165, 1.54) is 10.8 Å². The molecule has 4 nitrogen and oxygen atoms in total. The van der Waals surface area contributed by atoms with Crippen LogP contribution in [0.2, 0.25) is 0 Å². The second-order valence-corrected chi connectivity index (χ2v) is 6.39. The van der Waals surface area contributed by atoms with Crippen LogP contribution in [0.5, 0.6) is 0 Å². The number of hydrogen-bond donors (Lipinski definition) is 2. The van der Waals surface area contributed by atoms with Crippen molar-refractivity contribution in [1.82, 2.24) is 10.2 Å². The van der Waals surface area contributed by atoms with Gasteiger partial charge in [-0.05, 0) is 42.6 Å². The first kappa shape index (κ1) is 16.0. The zero-order chi connectivity index (χ0) is 16.2. The average molecular weight is 312 g/mol. The summed E-state index contributed by atoms with van der Waals surface area (Å²) >= 11 is 0. The highest BCUT2D eigenvalue weighted by atomic mass is 16.3. The van der Waals surface area contributed by atoms with Crippen molar-refractivity contribution in [3.8, 4) is 0 Å². The second kappa shape index (κ2) is 7.11. The highest BCUT2D eigenvalue weighted by molar-refractivity contribution is 5.87. The standard InChI is InChI=1S/C19H24N2O2/c1-14(17-10-4-7-15-6-2-3-9-18(15)17)20-19(23)13-21-11-5-8-16(22)12-21/h2-4,6-7,9-10,14,16,22H,5,8,11-13H2,1H3,(H,20,23)/t14-,16-/m0/s1. The summed E-state index contributed by atoms with van der Waals surface area (Å²) in [6.07, 6.45) is 1.49. The maximum atomic E-state index is 12.3. The van der Waals surface area contributed by atoms with E-state index in [-0.39, 0.29) is 18.1 Å². The van der Waals surface area contributed by atoms with Crippen LogP contribution in [0, 0.1) is 0 Å². The lowest BCUT2D eigenvalue weighted by Crippen LogP contribution is -2.44. The summed E-state index contributed by atoms with van der Waals surface area (Å²) in [5, 5.41) is 15.1. The minimum Gasteiger partial charge on any atom is -0.392 e. The molecule has 2 aromatic carbocycles. The maximum Gasteiger partial charge on any atom is 0.234 e. The van der Waals surface area contributed by atoms with Gasteiger partial charge in [0.1, 0.15) is 0 Å². The molecule has 4 heteroatoms. The van der Waals surface area contributed by atoms with Crippen LogP contribution in [0.25, 0.3) is 10.8 Å². The third-order valence-electron chi connectivity index (χ3n) is 4.52. The van der Waals surface area contributed by atoms with Gasteiger partial charge in [-0.2, -0.15) is 0 Å². The van der Waals surface area contributed by atoms with E-state index in [2.05, 4.69) is 29.6 Å². The number of piperidine rings is 1. The van der Waals surface area contributed by atoms with Gasteiger partial charge in [-0.25, -0.2) is 0 Å². The highest BCUT2D eigenvalue weighted by Crippen LogP contribution is 2.24. The van der Waals surface area contributed by atoms with Crippen LogP contribution in [0.4, 0.5) is 0 Å². The first-order chi connectivity index (χ1) is 11.1. The smallest absolute Gasteiger partial charge is 0.234 e. The second-order valence-electron chi connectivity index (χ2n) is 6.39. The third-order valence-corrected chi connectivity index (χ3v) is 4.52. The minimum absolute atomic E-state index is 0.0135. The van der Waals surface area contributed by atoms with E-state index in [4.69, 9.17) is 0 Å². The number of carbonyl (C=O) groups excluding carboxylic acids is 1. The number of aliphatic hydroxyl groups excluding tert-OH is 1. The van der Waals surface area contributed by atoms with Gasteiger partial charge in [0.2, 0.25) is 5.91 Å². The Kier molecular flexibility index (Phi) is 4.94. The molecule has 1 heterocycles. The molecule has 0 aromatic heterocycles. The number of hydrogen-bond acceptors (Lipinski definition) is 3. The number of β-amino-alcohol motifs (C(OH)–C–C–N with tert-alkyl or cyclic N) is 1. The molecule has 0 spiro atoms. The lowest BCUT2D eigenvalue weighted by Gasteiger charge is -2.29. The van der Waals surface area contributed by atoms with Gasteiger partial charge < -0.3 is 10.4 Å². The van der Waals surface area contributed by atoms with Gasteiger partial charge in [-0.3, -0.25) is 9.69 Å². The highest BCUT2D eigenvalue weighted by Gasteiger charge is 2.20. The molecule has 122 valence electrons. The van der Waals surface area contributed by atoms with E-state index in [1.54, 1.807) is 0 Å². The summed E-state index contributed by atoms with van der Waals surface area (Å²) in [7, 11) is 0. The van der Waals surface area contributed by atoms with Crippen LogP contribution in [-0.4, -0.2) is 41.7 Å². The van der Waals surface area contributed by atoms with E-state index < -0.39 is 0 Å². The molecule has 3 rings (SSSR count). The SMILES string of the molecule is C[C@H](NC(=O)CN1CCC[C@H](O)C1)c1cccc2ccccc12. The molecular formula is C19H24N2O2. The number of carbonyl (C=O) groups is 1. The Bertz CT molecular complexity index is 681. The van der Waals surface area contributed by atoms with Crippen molar-refractivity contribution in [2.24, 2.45) is 0 Å². The first-order valence-electron chi connectivity index (χ1n) is 8.31. The molecule has 0 saturated carbocycles. The van der Waals surface area contributed by atoms with Gasteiger partial charge in [0.25, 0.3) is 0 Å². The molecule has 1 fully saturated rings. The summed E-state index contributed by atoms with van der Waals surface area (Å²) in [6, 6.07) is 14.4. The van der Waals surface area contributed by atoms with Gasteiger partial charge in [0.15, 0.2) is 0 Å². The van der Waals surface area contributed by atoms with Gasteiger partial charge in [-0.15, -0.1) is 0 Å². The lowest BCUT2D eigenvalue weighted by molar-refractivity contribution is -0.123. The number of aliphatic hydroxyl groups is 1. The number of benzene rings is 2. The van der Waals surface area contributed by atoms with Crippen LogP contribution >= 0.6 is 0 Å². The molecule has 23 heavy (non-hydrogen) atoms. The molecule has 1 amide bonds. The number of amides is 1. The van der Waals surface area contributed by atoms with Crippen LogP contribution in [0.1, 0.15) is 31.4 Å². The molecule has 0 radical (unpaired) electrons. The third kappa shape index (κ3) is 3.89. The van der Waals surface area contributed by atoms with Crippen molar-refractivity contribution in [1.29, 1.82) is 0 Å². The molecule has 0 bridgehead atoms. The van der Waals surface area contributed by atoms with Crippen molar-refractivity contribution < 1.29 is 9.90 Å². The molecule has 1 saturated heterocycles. The Balaban J connectivity index is 1.66. The normalized spacial score (nSPS) is 20.3. The van der Waals surface area contributed by atoms with E-state index in [0.717, 1.165) is 24.9 Å². The van der Waals surface area contributed by atoms with Crippen LogP contribution in [0.15, 0.2) is 42.5 Å². The zero-order valence-electron chi connectivity index (χ0n) is 13.5. The van der Waals surface area contributed by atoms with E-state index in [1.807, 2.05) is 30.0 Å². The molecule has 1 aliphatic rings. The van der Waals surface area contributed by atoms with Crippen LogP contribution in [0.3, 0.4) is 0 Å². The number of nitrogens with zero attached hydrogens (tertiary/aromatic N) is 1. The monoisotopic (exact) mass is 312 g/mol. The molecule has 0 aliphatic carbocycles. The van der Waals surface area contributed by atoms with Crippen molar-refractivity contribution in [3.05, 3.63) is 48.0 Å². The maximum absolute atomic E-state index is 12.3. The van der Waals surface area contributed by atoms with E-state index in [9.17, 15) is 9.90 Å². The molecular weight excluding hydrogens is 288 g/mol. The van der Waals surface area contributed by atoms with Gasteiger partial charge >= 0.3 is 0 Å². The number of likely N-dealkylation sites (tertiary alicyclic amines) is 1. The van der Waals surface area contributed by atoms with Crippen molar-refractivity contribution >= 4 is 16.7 Å². The fourth-order valence-corrected chi connectivity index (χ4v) is 3.37. The van der Waals surface area contributed by atoms with Gasteiger partial charge in [-0.1, -0.05) is 42.5 Å². The van der Waals surface area contributed by atoms with Gasteiger partial charge in [0.05, 0.1) is 18.7 Å². The predicted molar refractivity (Wildman–Crippen MR) is 92.2 cm³/mol. The zero-order valence-corrected chi connectivity index (χ0v) is 13.5. The van der Waals surface area contributed by atoms with Crippen LogP contribution < -0.4 is 5.32 Å². The summed E-state index contributed by atoms with van der Waals surface area (Å²) in [5.41, 5.74) is 1.13. The fraction of sp³-hybridized carbons (Fsp3) is 0.421. The van der Waals surface area contributed by atoms with Gasteiger partial charge in [0, 0.05) is 6.54 Å². The Hall–Kier alpha value is -1.91. The van der Waals surface area contributed by atoms with E-state index in [0.29, 0.717) is 13.1 Å². The summed E-state index contributed by atoms with van der Waals surface area (Å²) < 4.78 is 0. The number of fused-ring (bicyclic) bond motifs is 1. The topological polar surface area (TPSA) is 52.6 Å². The lowest BCUT2D eigenvalue weighted by atomic mass is 9.99. The minimum atomic E-state index is -0.299. The molecule has 2 aromatic rings. The Morgan fingerprint density at radius 1 is 1.30 bits per heavy atom. The van der Waals surface area contributed by atoms with Crippen LogP contribution in [-0.2, 0) is 4.79 Å². The largest absolute Gasteiger partial charge is 0.392 e. The van der Waals surface area contributed by atoms with Crippen molar-refractivity contribution in [2.75, 3.05) is 19.6 Å². The Morgan fingerprint density at radius 2 is 2.09 bits per heavy atom. The molecule has 2 atom stereocenters. The van der Waals surface area contributed by atoms with Crippen molar-refractivity contribution in [3.63, 3.8) is 0 Å². The Labute approximate surface area is 137 Å². The average Bonchev–Trinajstić information content (AvgIpc) is 2.54. The molecule has 2 N–H and O–H groups in total. The quantitative estimate of drug-likeness (QED) is 0.912. The Morgan fingerprint density at radius 3 is 2.91 bits per heavy atom. The van der Waals surface area contributed by atoms with Crippen molar-refractivity contribution in [2.45, 2.75) is 31.9 Å². The predicted octanol–water partition coefficient (Wildman–Crippen LogP) is 2.47. The number of rotatable bonds is 4. The summed E-state index contributed by atoms with van der Waals surface area (Å²) in [4.78, 5) is 14.3. The molecule has 0 unspecified atom stereocenters.